The highest BCUT2D eigenvalue weighted by molar-refractivity contribution is 4.72. The van der Waals surface area contributed by atoms with Gasteiger partial charge < -0.3 is 5.11 Å². The summed E-state index contributed by atoms with van der Waals surface area (Å²) < 4.78 is 0. The number of aliphatic hydroxyl groups excluding tert-OH is 1. The second kappa shape index (κ2) is 5.58. The monoisotopic (exact) mass is 170 g/mol. The molecule has 1 fully saturated rings. The van der Waals surface area contributed by atoms with E-state index in [1.807, 2.05) is 0 Å². The van der Waals surface area contributed by atoms with Gasteiger partial charge in [0, 0.05) is 0 Å². The topological polar surface area (TPSA) is 20.2 Å². The second-order valence-corrected chi connectivity index (χ2v) is 4.18. The molecule has 12 heavy (non-hydrogen) atoms. The summed E-state index contributed by atoms with van der Waals surface area (Å²) in [6, 6.07) is 0. The van der Waals surface area contributed by atoms with Gasteiger partial charge >= 0.3 is 0 Å². The molecule has 1 heteroatoms. The van der Waals surface area contributed by atoms with E-state index in [9.17, 15) is 5.11 Å². The third-order valence-electron chi connectivity index (χ3n) is 2.97. The van der Waals surface area contributed by atoms with Crippen molar-refractivity contribution in [2.75, 3.05) is 0 Å². The van der Waals surface area contributed by atoms with Crippen LogP contribution in [0.5, 0.6) is 0 Å². The van der Waals surface area contributed by atoms with Crippen molar-refractivity contribution in [2.24, 2.45) is 5.92 Å². The molecular weight excluding hydrogens is 148 g/mol. The van der Waals surface area contributed by atoms with Crippen molar-refractivity contribution in [3.63, 3.8) is 0 Å². The first kappa shape index (κ1) is 10.0. The first-order valence-corrected chi connectivity index (χ1v) is 5.51. The molecule has 0 saturated heterocycles. The van der Waals surface area contributed by atoms with Gasteiger partial charge in [0.1, 0.15) is 0 Å². The van der Waals surface area contributed by atoms with Gasteiger partial charge in [0.05, 0.1) is 6.10 Å². The lowest BCUT2D eigenvalue weighted by Gasteiger charge is -2.27. The molecule has 0 heterocycles. The van der Waals surface area contributed by atoms with Crippen LogP contribution < -0.4 is 0 Å². The highest BCUT2D eigenvalue weighted by Crippen LogP contribution is 2.31. The van der Waals surface area contributed by atoms with Gasteiger partial charge in [-0.25, -0.2) is 0 Å². The van der Waals surface area contributed by atoms with Gasteiger partial charge in [-0.15, -0.1) is 0 Å². The normalized spacial score (nSPS) is 20.5. The quantitative estimate of drug-likeness (QED) is 0.607. The lowest BCUT2D eigenvalue weighted by molar-refractivity contribution is 0.107. The zero-order chi connectivity index (χ0) is 8.81. The van der Waals surface area contributed by atoms with Gasteiger partial charge in [0.25, 0.3) is 0 Å². The molecule has 0 aromatic carbocycles. The van der Waals surface area contributed by atoms with Crippen LogP contribution in [0.1, 0.15) is 58.3 Å². The fourth-order valence-corrected chi connectivity index (χ4v) is 1.86. The Kier molecular flexibility index (Phi) is 4.67. The summed E-state index contributed by atoms with van der Waals surface area (Å²) in [5.74, 6) is 0.863. The number of unbranched alkanes of at least 4 members (excludes halogenated alkanes) is 2. The molecule has 0 radical (unpaired) electrons. The Morgan fingerprint density at radius 1 is 1.33 bits per heavy atom. The molecule has 0 bridgehead atoms. The number of aliphatic hydroxyl groups is 1. The van der Waals surface area contributed by atoms with E-state index in [4.69, 9.17) is 0 Å². The molecule has 1 unspecified atom stereocenters. The van der Waals surface area contributed by atoms with Gasteiger partial charge in [-0.1, -0.05) is 45.4 Å². The second-order valence-electron chi connectivity index (χ2n) is 4.18. The molecule has 1 nitrogen and oxygen atoms in total. The fraction of sp³-hybridized carbons (Fsp3) is 1.00. The summed E-state index contributed by atoms with van der Waals surface area (Å²) in [4.78, 5) is 0. The molecule has 1 N–H and O–H groups in total. The minimum atomic E-state index is 0.00171. The first-order chi connectivity index (χ1) is 5.83. The van der Waals surface area contributed by atoms with Gasteiger partial charge in [-0.05, 0) is 18.8 Å². The summed E-state index contributed by atoms with van der Waals surface area (Å²) >= 11 is 0. The van der Waals surface area contributed by atoms with Crippen molar-refractivity contribution >= 4 is 0 Å². The van der Waals surface area contributed by atoms with Crippen molar-refractivity contribution in [1.82, 2.24) is 0 Å². The van der Waals surface area contributed by atoms with Crippen LogP contribution in [-0.2, 0) is 0 Å². The summed E-state index contributed by atoms with van der Waals surface area (Å²) in [6.07, 6.45) is 9.99. The van der Waals surface area contributed by atoms with Crippen LogP contribution in [0.25, 0.3) is 0 Å². The molecule has 0 spiro atoms. The SMILES string of the molecule is CCCCCC(O)CC1CCC1. The fourth-order valence-electron chi connectivity index (χ4n) is 1.86. The Morgan fingerprint density at radius 2 is 2.08 bits per heavy atom. The highest BCUT2D eigenvalue weighted by atomic mass is 16.3. The summed E-state index contributed by atoms with van der Waals surface area (Å²) in [6.45, 7) is 2.21. The van der Waals surface area contributed by atoms with Crippen molar-refractivity contribution < 1.29 is 5.11 Å². The smallest absolute Gasteiger partial charge is 0.0542 e. The zero-order valence-corrected chi connectivity index (χ0v) is 8.26. The standard InChI is InChI=1S/C11H22O/c1-2-3-4-8-11(12)9-10-6-5-7-10/h10-12H,2-9H2,1H3. The van der Waals surface area contributed by atoms with Crippen LogP contribution in [-0.4, -0.2) is 11.2 Å². The Labute approximate surface area is 76.2 Å². The van der Waals surface area contributed by atoms with Gasteiger partial charge in [-0.3, -0.25) is 0 Å². The molecule has 1 rings (SSSR count). The lowest BCUT2D eigenvalue weighted by Crippen LogP contribution is -2.19. The lowest BCUT2D eigenvalue weighted by atomic mass is 9.81. The van der Waals surface area contributed by atoms with Gasteiger partial charge in [-0.2, -0.15) is 0 Å². The predicted molar refractivity (Wildman–Crippen MR) is 52.1 cm³/mol. The maximum Gasteiger partial charge on any atom is 0.0542 e. The molecule has 0 amide bonds. The molecule has 1 aliphatic carbocycles. The van der Waals surface area contributed by atoms with E-state index in [0.717, 1.165) is 18.8 Å². The zero-order valence-electron chi connectivity index (χ0n) is 8.26. The molecule has 0 aromatic heterocycles. The summed E-state index contributed by atoms with van der Waals surface area (Å²) in [5.41, 5.74) is 0. The van der Waals surface area contributed by atoms with Crippen molar-refractivity contribution in [3.8, 4) is 0 Å². The first-order valence-electron chi connectivity index (χ1n) is 5.51. The van der Waals surface area contributed by atoms with E-state index in [1.54, 1.807) is 0 Å². The van der Waals surface area contributed by atoms with Crippen LogP contribution in [0.2, 0.25) is 0 Å². The largest absolute Gasteiger partial charge is 0.393 e. The maximum atomic E-state index is 9.61. The molecular formula is C11H22O. The van der Waals surface area contributed by atoms with E-state index in [2.05, 4.69) is 6.92 Å². The van der Waals surface area contributed by atoms with E-state index in [-0.39, 0.29) is 6.10 Å². The van der Waals surface area contributed by atoms with E-state index >= 15 is 0 Å². The third kappa shape index (κ3) is 3.57. The van der Waals surface area contributed by atoms with Crippen LogP contribution in [0.4, 0.5) is 0 Å². The summed E-state index contributed by atoms with van der Waals surface area (Å²) in [5, 5.41) is 9.61. The molecule has 1 aliphatic rings. The molecule has 72 valence electrons. The predicted octanol–water partition coefficient (Wildman–Crippen LogP) is 3.12. The van der Waals surface area contributed by atoms with E-state index in [1.165, 1.54) is 38.5 Å². The minimum Gasteiger partial charge on any atom is -0.393 e. The van der Waals surface area contributed by atoms with Gasteiger partial charge in [0.2, 0.25) is 0 Å². The Balaban J connectivity index is 1.91. The molecule has 0 aliphatic heterocycles. The van der Waals surface area contributed by atoms with Crippen molar-refractivity contribution in [2.45, 2.75) is 64.4 Å². The van der Waals surface area contributed by atoms with E-state index in [0.29, 0.717) is 0 Å². The highest BCUT2D eigenvalue weighted by Gasteiger charge is 2.20. The molecule has 0 aromatic rings. The Hall–Kier alpha value is -0.0400. The van der Waals surface area contributed by atoms with Crippen molar-refractivity contribution in [3.05, 3.63) is 0 Å². The van der Waals surface area contributed by atoms with Crippen LogP contribution in [0.15, 0.2) is 0 Å². The van der Waals surface area contributed by atoms with Crippen LogP contribution in [0, 0.1) is 5.92 Å². The van der Waals surface area contributed by atoms with E-state index < -0.39 is 0 Å². The average Bonchev–Trinajstić information content (AvgIpc) is 1.98. The van der Waals surface area contributed by atoms with Crippen LogP contribution in [0.3, 0.4) is 0 Å². The van der Waals surface area contributed by atoms with Gasteiger partial charge in [0.15, 0.2) is 0 Å². The summed E-state index contributed by atoms with van der Waals surface area (Å²) in [7, 11) is 0. The minimum absolute atomic E-state index is 0.00171. The Morgan fingerprint density at radius 3 is 2.58 bits per heavy atom. The third-order valence-corrected chi connectivity index (χ3v) is 2.97. The number of hydrogen-bond acceptors (Lipinski definition) is 1. The number of rotatable bonds is 6. The molecule has 1 saturated carbocycles. The van der Waals surface area contributed by atoms with Crippen LogP contribution >= 0.6 is 0 Å². The Bertz CT molecular complexity index is 108. The van der Waals surface area contributed by atoms with Crippen molar-refractivity contribution in [1.29, 1.82) is 0 Å². The average molecular weight is 170 g/mol. The number of hydrogen-bond donors (Lipinski definition) is 1. The maximum absolute atomic E-state index is 9.61. The molecule has 1 atom stereocenters.